The highest BCUT2D eigenvalue weighted by Gasteiger charge is 2.14. The normalized spacial score (nSPS) is 11.1. The number of methoxy groups -OCH3 is 1. The minimum absolute atomic E-state index is 0.0859. The van der Waals surface area contributed by atoms with Crippen molar-refractivity contribution in [2.75, 3.05) is 20.3 Å². The van der Waals surface area contributed by atoms with Crippen LogP contribution in [0.5, 0.6) is 0 Å². The molecule has 154 valence electrons. The average Bonchev–Trinajstić information content (AvgIpc) is 3.05. The SMILES string of the molecule is COCC(=O)NCCCCCc1nc2ccccc2n1Cc1c(F)cccc1Cl. The summed E-state index contributed by atoms with van der Waals surface area (Å²) in [4.78, 5) is 16.1. The molecule has 1 N–H and O–H groups in total. The number of aromatic nitrogens is 2. The van der Waals surface area contributed by atoms with Crippen LogP contribution in [0.1, 0.15) is 30.7 Å². The maximum Gasteiger partial charge on any atom is 0.245 e. The van der Waals surface area contributed by atoms with Crippen LogP contribution in [-0.2, 0) is 22.5 Å². The van der Waals surface area contributed by atoms with Gasteiger partial charge in [-0.15, -0.1) is 0 Å². The number of aryl methyl sites for hydroxylation is 1. The number of nitrogens with zero attached hydrogens (tertiary/aromatic N) is 2. The van der Waals surface area contributed by atoms with E-state index in [9.17, 15) is 9.18 Å². The van der Waals surface area contributed by atoms with Crippen molar-refractivity contribution in [1.29, 1.82) is 0 Å². The van der Waals surface area contributed by atoms with Crippen molar-refractivity contribution in [3.05, 3.63) is 64.7 Å². The zero-order chi connectivity index (χ0) is 20.6. The number of ether oxygens (including phenoxy) is 1. The van der Waals surface area contributed by atoms with Crippen LogP contribution in [0.4, 0.5) is 4.39 Å². The highest BCUT2D eigenvalue weighted by atomic mass is 35.5. The van der Waals surface area contributed by atoms with E-state index in [0.717, 1.165) is 42.5 Å². The Morgan fingerprint density at radius 2 is 2.00 bits per heavy atom. The number of imidazole rings is 1. The number of halogens is 2. The lowest BCUT2D eigenvalue weighted by atomic mass is 10.1. The molecule has 0 atom stereocenters. The van der Waals surface area contributed by atoms with Crippen molar-refractivity contribution in [2.24, 2.45) is 0 Å². The highest BCUT2D eigenvalue weighted by molar-refractivity contribution is 6.31. The van der Waals surface area contributed by atoms with Gasteiger partial charge in [-0.1, -0.05) is 36.2 Å². The molecule has 1 heterocycles. The van der Waals surface area contributed by atoms with Crippen LogP contribution in [0.15, 0.2) is 42.5 Å². The fraction of sp³-hybridized carbons (Fsp3) is 0.364. The summed E-state index contributed by atoms with van der Waals surface area (Å²) >= 11 is 6.24. The second-order valence-electron chi connectivity index (χ2n) is 6.90. The second-order valence-corrected chi connectivity index (χ2v) is 7.30. The lowest BCUT2D eigenvalue weighted by molar-refractivity contribution is -0.124. The minimum Gasteiger partial charge on any atom is -0.375 e. The van der Waals surface area contributed by atoms with E-state index in [2.05, 4.69) is 5.32 Å². The van der Waals surface area contributed by atoms with Crippen molar-refractivity contribution >= 4 is 28.5 Å². The van der Waals surface area contributed by atoms with Crippen molar-refractivity contribution in [3.8, 4) is 0 Å². The number of para-hydroxylation sites is 2. The average molecular weight is 418 g/mol. The zero-order valence-electron chi connectivity index (χ0n) is 16.5. The molecule has 0 saturated heterocycles. The van der Waals surface area contributed by atoms with Gasteiger partial charge in [0.1, 0.15) is 18.2 Å². The first-order chi connectivity index (χ1) is 14.1. The number of hydrogen-bond acceptors (Lipinski definition) is 3. The Labute approximate surface area is 174 Å². The summed E-state index contributed by atoms with van der Waals surface area (Å²) in [5, 5.41) is 3.24. The molecule has 0 unspecified atom stereocenters. The minimum atomic E-state index is -0.312. The molecular formula is C22H25ClFN3O2. The first kappa shape index (κ1) is 21.3. The number of amides is 1. The van der Waals surface area contributed by atoms with Gasteiger partial charge in [0.25, 0.3) is 0 Å². The fourth-order valence-electron chi connectivity index (χ4n) is 3.33. The van der Waals surface area contributed by atoms with Crippen LogP contribution in [0.2, 0.25) is 5.02 Å². The van der Waals surface area contributed by atoms with Gasteiger partial charge < -0.3 is 14.6 Å². The molecule has 1 amide bonds. The Hall–Kier alpha value is -2.44. The summed E-state index contributed by atoms with van der Waals surface area (Å²) in [5.74, 6) is 0.498. The fourth-order valence-corrected chi connectivity index (χ4v) is 3.55. The van der Waals surface area contributed by atoms with Crippen molar-refractivity contribution in [1.82, 2.24) is 14.9 Å². The Morgan fingerprint density at radius 1 is 1.17 bits per heavy atom. The molecule has 2 aromatic carbocycles. The van der Waals surface area contributed by atoms with Crippen molar-refractivity contribution < 1.29 is 13.9 Å². The molecule has 7 heteroatoms. The standard InChI is InChI=1S/C22H25ClFN3O2/c1-29-15-22(28)25-13-6-2-3-12-21-26-19-10-4-5-11-20(19)27(21)14-16-17(23)8-7-9-18(16)24/h4-5,7-11H,2-3,6,12-15H2,1H3,(H,25,28). The number of benzene rings is 2. The molecule has 3 rings (SSSR count). The first-order valence-electron chi connectivity index (χ1n) is 9.73. The number of fused-ring (bicyclic) bond motifs is 1. The van der Waals surface area contributed by atoms with Crippen LogP contribution in [0, 0.1) is 5.82 Å². The van der Waals surface area contributed by atoms with Gasteiger partial charge in [-0.25, -0.2) is 9.37 Å². The number of unbranched alkanes of at least 4 members (excludes halogenated alkanes) is 2. The molecular weight excluding hydrogens is 393 g/mol. The van der Waals surface area contributed by atoms with E-state index in [-0.39, 0.29) is 18.3 Å². The molecule has 0 spiro atoms. The maximum absolute atomic E-state index is 14.3. The number of rotatable bonds is 10. The van der Waals surface area contributed by atoms with Crippen LogP contribution < -0.4 is 5.32 Å². The van der Waals surface area contributed by atoms with E-state index in [1.165, 1.54) is 13.2 Å². The molecule has 0 bridgehead atoms. The second kappa shape index (κ2) is 10.4. The maximum atomic E-state index is 14.3. The van der Waals surface area contributed by atoms with Crippen LogP contribution in [-0.4, -0.2) is 35.7 Å². The molecule has 0 fully saturated rings. The summed E-state index contributed by atoms with van der Waals surface area (Å²) in [6, 6.07) is 12.6. The predicted molar refractivity (Wildman–Crippen MR) is 113 cm³/mol. The van der Waals surface area contributed by atoms with Gasteiger partial charge in [-0.05, 0) is 37.1 Å². The number of hydrogen-bond donors (Lipinski definition) is 1. The van der Waals surface area contributed by atoms with Gasteiger partial charge >= 0.3 is 0 Å². The Morgan fingerprint density at radius 3 is 2.79 bits per heavy atom. The van der Waals surface area contributed by atoms with Gasteiger partial charge in [0.2, 0.25) is 5.91 Å². The van der Waals surface area contributed by atoms with Gasteiger partial charge in [-0.2, -0.15) is 0 Å². The largest absolute Gasteiger partial charge is 0.375 e. The van der Waals surface area contributed by atoms with Gasteiger partial charge in [0.05, 0.1) is 17.6 Å². The van der Waals surface area contributed by atoms with Crippen LogP contribution >= 0.6 is 11.6 Å². The Balaban J connectivity index is 1.67. The molecule has 0 aliphatic carbocycles. The van der Waals surface area contributed by atoms with Crippen molar-refractivity contribution in [2.45, 2.75) is 32.2 Å². The van der Waals surface area contributed by atoms with E-state index in [4.69, 9.17) is 21.3 Å². The van der Waals surface area contributed by atoms with Crippen molar-refractivity contribution in [3.63, 3.8) is 0 Å². The third kappa shape index (κ3) is 5.55. The molecule has 0 aliphatic heterocycles. The quantitative estimate of drug-likeness (QED) is 0.499. The molecule has 0 aliphatic rings. The molecule has 5 nitrogen and oxygen atoms in total. The molecule has 0 radical (unpaired) electrons. The predicted octanol–water partition coefficient (Wildman–Crippen LogP) is 4.35. The topological polar surface area (TPSA) is 56.1 Å². The van der Waals surface area contributed by atoms with Gasteiger partial charge in [0.15, 0.2) is 0 Å². The summed E-state index contributed by atoms with van der Waals surface area (Å²) in [5.41, 5.74) is 2.33. The van der Waals surface area contributed by atoms with Gasteiger partial charge in [0, 0.05) is 30.7 Å². The molecule has 1 aromatic heterocycles. The first-order valence-corrected chi connectivity index (χ1v) is 10.1. The summed E-state index contributed by atoms with van der Waals surface area (Å²) in [6.07, 6.45) is 3.53. The highest BCUT2D eigenvalue weighted by Crippen LogP contribution is 2.24. The number of carbonyl (C=O) groups is 1. The third-order valence-electron chi connectivity index (χ3n) is 4.79. The number of nitrogens with one attached hydrogen (secondary N) is 1. The summed E-state index contributed by atoms with van der Waals surface area (Å²) in [7, 11) is 1.50. The summed E-state index contributed by atoms with van der Waals surface area (Å²) in [6.45, 7) is 1.06. The van der Waals surface area contributed by atoms with E-state index in [1.54, 1.807) is 12.1 Å². The molecule has 3 aromatic rings. The van der Waals surface area contributed by atoms with E-state index in [1.807, 2.05) is 28.8 Å². The zero-order valence-corrected chi connectivity index (χ0v) is 17.2. The van der Waals surface area contributed by atoms with Crippen LogP contribution in [0.25, 0.3) is 11.0 Å². The molecule has 0 saturated carbocycles. The Bertz CT molecular complexity index is 954. The lowest BCUT2D eigenvalue weighted by Crippen LogP contribution is -2.27. The van der Waals surface area contributed by atoms with E-state index < -0.39 is 0 Å². The van der Waals surface area contributed by atoms with Crippen LogP contribution in [0.3, 0.4) is 0 Å². The monoisotopic (exact) mass is 417 g/mol. The van der Waals surface area contributed by atoms with E-state index >= 15 is 0 Å². The molecule has 29 heavy (non-hydrogen) atoms. The third-order valence-corrected chi connectivity index (χ3v) is 5.14. The van der Waals surface area contributed by atoms with Gasteiger partial charge in [-0.3, -0.25) is 4.79 Å². The smallest absolute Gasteiger partial charge is 0.245 e. The lowest BCUT2D eigenvalue weighted by Gasteiger charge is -2.12. The summed E-state index contributed by atoms with van der Waals surface area (Å²) < 4.78 is 21.2. The van der Waals surface area contributed by atoms with E-state index in [0.29, 0.717) is 23.7 Å². The number of carbonyl (C=O) groups excluding carboxylic acids is 1. The Kier molecular flexibility index (Phi) is 7.61.